The van der Waals surface area contributed by atoms with E-state index in [2.05, 4.69) is 25.7 Å². The van der Waals surface area contributed by atoms with Gasteiger partial charge in [0.15, 0.2) is 0 Å². The quantitative estimate of drug-likeness (QED) is 0.732. The maximum atomic E-state index is 12.3. The fourth-order valence-corrected chi connectivity index (χ4v) is 2.37. The zero-order valence-corrected chi connectivity index (χ0v) is 11.6. The molecule has 4 heteroatoms. The summed E-state index contributed by atoms with van der Waals surface area (Å²) in [6.07, 6.45) is 3.97. The van der Waals surface area contributed by atoms with E-state index in [-0.39, 0.29) is 23.9 Å². The molecule has 102 valence electrons. The fourth-order valence-electron chi connectivity index (χ4n) is 2.37. The van der Waals surface area contributed by atoms with Gasteiger partial charge in [0.1, 0.15) is 12.1 Å². The van der Waals surface area contributed by atoms with Crippen LogP contribution in [0.5, 0.6) is 0 Å². The van der Waals surface area contributed by atoms with E-state index in [1.54, 1.807) is 11.0 Å². The molecule has 18 heavy (non-hydrogen) atoms. The van der Waals surface area contributed by atoms with Gasteiger partial charge in [-0.15, -0.1) is 6.58 Å². The summed E-state index contributed by atoms with van der Waals surface area (Å²) < 4.78 is 0. The average molecular weight is 252 g/mol. The molecule has 1 fully saturated rings. The van der Waals surface area contributed by atoms with E-state index in [9.17, 15) is 9.59 Å². The van der Waals surface area contributed by atoms with E-state index in [1.807, 2.05) is 6.92 Å². The Morgan fingerprint density at radius 3 is 2.61 bits per heavy atom. The molecule has 1 rings (SSSR count). The Balaban J connectivity index is 2.85. The fraction of sp³-hybridized carbons (Fsp3) is 0.714. The minimum Gasteiger partial charge on any atom is -0.342 e. The molecule has 1 N–H and O–H groups in total. The van der Waals surface area contributed by atoms with Crippen molar-refractivity contribution >= 4 is 11.8 Å². The van der Waals surface area contributed by atoms with Gasteiger partial charge in [-0.2, -0.15) is 0 Å². The van der Waals surface area contributed by atoms with Crippen LogP contribution in [0.3, 0.4) is 0 Å². The standard InChI is InChI=1S/C14H24N2O2/c1-5-7-12-13(17)15-11(9-10(3)4)14(18)16(12)8-6-2/h6,10-12H,2,5,7-9H2,1,3-4H3,(H,15,17). The number of carbonyl (C=O) groups excluding carboxylic acids is 2. The Bertz CT molecular complexity index is 326. The first kappa shape index (κ1) is 14.7. The second-order valence-electron chi connectivity index (χ2n) is 5.27. The summed E-state index contributed by atoms with van der Waals surface area (Å²) in [5, 5.41) is 2.86. The van der Waals surface area contributed by atoms with Crippen LogP contribution in [0.2, 0.25) is 0 Å². The summed E-state index contributed by atoms with van der Waals surface area (Å²) in [6.45, 7) is 10.2. The number of nitrogens with one attached hydrogen (secondary N) is 1. The van der Waals surface area contributed by atoms with Crippen LogP contribution in [0.1, 0.15) is 40.0 Å². The molecule has 0 saturated carbocycles. The summed E-state index contributed by atoms with van der Waals surface area (Å²) in [5.41, 5.74) is 0. The molecular weight excluding hydrogens is 228 g/mol. The summed E-state index contributed by atoms with van der Waals surface area (Å²) in [6, 6.07) is -0.700. The number of hydrogen-bond acceptors (Lipinski definition) is 2. The molecule has 2 unspecified atom stereocenters. The predicted octanol–water partition coefficient (Wildman–Crippen LogP) is 1.71. The van der Waals surface area contributed by atoms with Gasteiger partial charge in [0.05, 0.1) is 0 Å². The number of nitrogens with zero attached hydrogens (tertiary/aromatic N) is 1. The van der Waals surface area contributed by atoms with Crippen LogP contribution in [-0.2, 0) is 9.59 Å². The Morgan fingerprint density at radius 2 is 2.11 bits per heavy atom. The first-order valence-electron chi connectivity index (χ1n) is 6.73. The van der Waals surface area contributed by atoms with E-state index in [0.717, 1.165) is 6.42 Å². The maximum absolute atomic E-state index is 12.3. The summed E-state index contributed by atoms with van der Waals surface area (Å²) >= 11 is 0. The number of amides is 2. The predicted molar refractivity (Wildman–Crippen MR) is 72.0 cm³/mol. The highest BCUT2D eigenvalue weighted by molar-refractivity contribution is 5.97. The second kappa shape index (κ2) is 6.57. The molecule has 0 bridgehead atoms. The van der Waals surface area contributed by atoms with Crippen molar-refractivity contribution in [2.24, 2.45) is 5.92 Å². The van der Waals surface area contributed by atoms with Crippen LogP contribution >= 0.6 is 0 Å². The van der Waals surface area contributed by atoms with Gasteiger partial charge in [0.25, 0.3) is 0 Å². The number of rotatable bonds is 6. The van der Waals surface area contributed by atoms with Crippen LogP contribution in [-0.4, -0.2) is 35.3 Å². The summed E-state index contributed by atoms with van der Waals surface area (Å²) in [7, 11) is 0. The first-order valence-corrected chi connectivity index (χ1v) is 6.73. The van der Waals surface area contributed by atoms with E-state index in [1.165, 1.54) is 0 Å². The van der Waals surface area contributed by atoms with Crippen molar-refractivity contribution in [2.45, 2.75) is 52.1 Å². The van der Waals surface area contributed by atoms with Crippen molar-refractivity contribution < 1.29 is 9.59 Å². The smallest absolute Gasteiger partial charge is 0.246 e. The minimum absolute atomic E-state index is 0.0241. The van der Waals surface area contributed by atoms with Gasteiger partial charge in [-0.05, 0) is 18.8 Å². The first-order chi connectivity index (χ1) is 8.51. The molecule has 4 nitrogen and oxygen atoms in total. The van der Waals surface area contributed by atoms with Gasteiger partial charge >= 0.3 is 0 Å². The van der Waals surface area contributed by atoms with E-state index in [0.29, 0.717) is 25.3 Å². The van der Waals surface area contributed by atoms with Crippen molar-refractivity contribution in [3.05, 3.63) is 12.7 Å². The molecule has 1 saturated heterocycles. The number of carbonyl (C=O) groups is 2. The molecule has 1 heterocycles. The molecule has 2 amide bonds. The highest BCUT2D eigenvalue weighted by Crippen LogP contribution is 2.18. The lowest BCUT2D eigenvalue weighted by Crippen LogP contribution is -2.63. The van der Waals surface area contributed by atoms with Crippen molar-refractivity contribution in [1.29, 1.82) is 0 Å². The van der Waals surface area contributed by atoms with Crippen molar-refractivity contribution in [3.63, 3.8) is 0 Å². The van der Waals surface area contributed by atoms with Crippen LogP contribution in [0, 0.1) is 5.92 Å². The Kier molecular flexibility index (Phi) is 5.38. The molecule has 0 aliphatic carbocycles. The van der Waals surface area contributed by atoms with Crippen molar-refractivity contribution in [1.82, 2.24) is 10.2 Å². The van der Waals surface area contributed by atoms with E-state index in [4.69, 9.17) is 0 Å². The van der Waals surface area contributed by atoms with Crippen LogP contribution in [0.25, 0.3) is 0 Å². The molecule has 1 aliphatic heterocycles. The second-order valence-corrected chi connectivity index (χ2v) is 5.27. The van der Waals surface area contributed by atoms with Gasteiger partial charge in [0, 0.05) is 6.54 Å². The number of piperazine rings is 1. The van der Waals surface area contributed by atoms with Crippen LogP contribution in [0.4, 0.5) is 0 Å². The molecule has 0 aromatic carbocycles. The largest absolute Gasteiger partial charge is 0.342 e. The van der Waals surface area contributed by atoms with Gasteiger partial charge in [0.2, 0.25) is 11.8 Å². The van der Waals surface area contributed by atoms with Gasteiger partial charge in [-0.1, -0.05) is 33.3 Å². The highest BCUT2D eigenvalue weighted by Gasteiger charge is 2.39. The molecule has 2 atom stereocenters. The molecule has 0 spiro atoms. The normalized spacial score (nSPS) is 24.3. The third-order valence-electron chi connectivity index (χ3n) is 3.17. The third-order valence-corrected chi connectivity index (χ3v) is 3.17. The lowest BCUT2D eigenvalue weighted by molar-refractivity contribution is -0.149. The van der Waals surface area contributed by atoms with Crippen molar-refractivity contribution in [2.75, 3.05) is 6.54 Å². The Hall–Kier alpha value is -1.32. The van der Waals surface area contributed by atoms with Crippen molar-refractivity contribution in [3.8, 4) is 0 Å². The molecule has 0 radical (unpaired) electrons. The molecule has 0 aromatic rings. The van der Waals surface area contributed by atoms with Gasteiger partial charge in [-0.25, -0.2) is 0 Å². The van der Waals surface area contributed by atoms with Gasteiger partial charge in [-0.3, -0.25) is 9.59 Å². The number of hydrogen-bond donors (Lipinski definition) is 1. The minimum atomic E-state index is -0.370. The molecule has 1 aliphatic rings. The van der Waals surface area contributed by atoms with Gasteiger partial charge < -0.3 is 10.2 Å². The topological polar surface area (TPSA) is 49.4 Å². The molecule has 0 aromatic heterocycles. The van der Waals surface area contributed by atoms with Crippen LogP contribution < -0.4 is 5.32 Å². The van der Waals surface area contributed by atoms with E-state index < -0.39 is 0 Å². The summed E-state index contributed by atoms with van der Waals surface area (Å²) in [4.78, 5) is 26.1. The zero-order chi connectivity index (χ0) is 13.7. The third kappa shape index (κ3) is 3.34. The lowest BCUT2D eigenvalue weighted by atomic mass is 9.97. The van der Waals surface area contributed by atoms with Crippen LogP contribution in [0.15, 0.2) is 12.7 Å². The maximum Gasteiger partial charge on any atom is 0.246 e. The Morgan fingerprint density at radius 1 is 1.44 bits per heavy atom. The zero-order valence-electron chi connectivity index (χ0n) is 11.6. The SMILES string of the molecule is C=CCN1C(=O)C(CC(C)C)NC(=O)C1CCC. The lowest BCUT2D eigenvalue weighted by Gasteiger charge is -2.39. The average Bonchev–Trinajstić information content (AvgIpc) is 2.29. The molecular formula is C14H24N2O2. The highest BCUT2D eigenvalue weighted by atomic mass is 16.2. The Labute approximate surface area is 109 Å². The summed E-state index contributed by atoms with van der Waals surface area (Å²) in [5.74, 6) is 0.387. The van der Waals surface area contributed by atoms with E-state index >= 15 is 0 Å². The monoisotopic (exact) mass is 252 g/mol.